The van der Waals surface area contributed by atoms with Gasteiger partial charge in [-0.2, -0.15) is 0 Å². The van der Waals surface area contributed by atoms with Gasteiger partial charge in [-0.1, -0.05) is 24.3 Å². The second-order valence-electron chi connectivity index (χ2n) is 4.14. The van der Waals surface area contributed by atoms with E-state index in [0.29, 0.717) is 16.7 Å². The van der Waals surface area contributed by atoms with Gasteiger partial charge in [0.1, 0.15) is 6.33 Å². The largest absolute Gasteiger partial charge is 0.269 e. The summed E-state index contributed by atoms with van der Waals surface area (Å²) in [4.78, 5) is 7.56. The van der Waals surface area contributed by atoms with Crippen LogP contribution in [-0.2, 0) is 10.0 Å². The van der Waals surface area contributed by atoms with Crippen LogP contribution in [0.1, 0.15) is 0 Å². The minimum Gasteiger partial charge on any atom is -0.238 e. The topological polar surface area (TPSA) is 56.3 Å². The highest BCUT2D eigenvalue weighted by Gasteiger charge is 2.19. The second kappa shape index (κ2) is 4.47. The summed E-state index contributed by atoms with van der Waals surface area (Å²) < 4.78 is 26.2. The molecule has 1 aromatic heterocycles. The van der Waals surface area contributed by atoms with Gasteiger partial charge in [-0.05, 0) is 24.3 Å². The lowest BCUT2D eigenvalue weighted by Crippen LogP contribution is -2.11. The van der Waals surface area contributed by atoms with Gasteiger partial charge in [0.15, 0.2) is 5.69 Å². The summed E-state index contributed by atoms with van der Waals surface area (Å²) in [5.74, 6) is 0. The van der Waals surface area contributed by atoms with E-state index in [1.54, 1.807) is 36.4 Å². The van der Waals surface area contributed by atoms with E-state index in [1.165, 1.54) is 18.5 Å². The van der Waals surface area contributed by atoms with Crippen molar-refractivity contribution in [1.29, 1.82) is 0 Å². The van der Waals surface area contributed by atoms with Crippen LogP contribution < -0.4 is 0 Å². The molecule has 0 saturated carbocycles. The molecule has 0 radical (unpaired) electrons. The predicted octanol–water partition coefficient (Wildman–Crippen LogP) is 2.82. The fourth-order valence-corrected chi connectivity index (χ4v) is 3.26. The maximum absolute atomic E-state index is 12.5. The van der Waals surface area contributed by atoms with E-state index >= 15 is 0 Å². The summed E-state index contributed by atoms with van der Waals surface area (Å²) in [7, 11) is -3.67. The van der Waals surface area contributed by atoms with Crippen LogP contribution in [0, 0.1) is 6.57 Å². The first kappa shape index (κ1) is 12.4. The SMILES string of the molecule is [C-]#[N+]c1ccc2c(c1)ncn2S(=O)(=O)c1ccccc1. The van der Waals surface area contributed by atoms with Gasteiger partial charge in [0, 0.05) is 0 Å². The Morgan fingerprint density at radius 2 is 1.85 bits per heavy atom. The summed E-state index contributed by atoms with van der Waals surface area (Å²) in [6.45, 7) is 6.96. The van der Waals surface area contributed by atoms with Crippen molar-refractivity contribution in [2.45, 2.75) is 4.90 Å². The molecule has 98 valence electrons. The zero-order valence-electron chi connectivity index (χ0n) is 10.3. The van der Waals surface area contributed by atoms with Gasteiger partial charge in [0.2, 0.25) is 0 Å². The highest BCUT2D eigenvalue weighted by molar-refractivity contribution is 7.90. The van der Waals surface area contributed by atoms with Crippen molar-refractivity contribution in [1.82, 2.24) is 8.96 Å². The Kier molecular flexibility index (Phi) is 2.77. The van der Waals surface area contributed by atoms with Crippen LogP contribution in [0.2, 0.25) is 0 Å². The van der Waals surface area contributed by atoms with Crippen molar-refractivity contribution in [3.63, 3.8) is 0 Å². The smallest absolute Gasteiger partial charge is 0.238 e. The Balaban J connectivity index is 2.23. The molecule has 0 aliphatic heterocycles. The molecule has 0 aliphatic carbocycles. The molecule has 0 fully saturated rings. The Hall–Kier alpha value is -2.65. The monoisotopic (exact) mass is 283 g/mol. The van der Waals surface area contributed by atoms with E-state index in [2.05, 4.69) is 9.83 Å². The maximum atomic E-state index is 12.5. The quantitative estimate of drug-likeness (QED) is 0.679. The van der Waals surface area contributed by atoms with Gasteiger partial charge in [-0.15, -0.1) is 0 Å². The standard InChI is InChI=1S/C14H9N3O2S/c1-15-11-7-8-14-13(9-11)16-10-17(14)20(18,19)12-5-3-2-4-6-12/h2-10H. The van der Waals surface area contributed by atoms with Crippen LogP contribution in [0.4, 0.5) is 5.69 Å². The molecule has 0 unspecified atom stereocenters. The highest BCUT2D eigenvalue weighted by Crippen LogP contribution is 2.23. The first-order valence-electron chi connectivity index (χ1n) is 5.78. The van der Waals surface area contributed by atoms with Crippen molar-refractivity contribution in [3.05, 3.63) is 66.3 Å². The van der Waals surface area contributed by atoms with Crippen LogP contribution >= 0.6 is 0 Å². The van der Waals surface area contributed by atoms with E-state index in [0.717, 1.165) is 3.97 Å². The lowest BCUT2D eigenvalue weighted by atomic mass is 10.3. The molecule has 2 aromatic carbocycles. The molecule has 5 nitrogen and oxygen atoms in total. The number of fused-ring (bicyclic) bond motifs is 1. The number of hydrogen-bond donors (Lipinski definition) is 0. The Morgan fingerprint density at radius 3 is 2.55 bits per heavy atom. The van der Waals surface area contributed by atoms with Gasteiger partial charge in [0.05, 0.1) is 22.5 Å². The van der Waals surface area contributed by atoms with E-state index in [9.17, 15) is 8.42 Å². The fraction of sp³-hybridized carbons (Fsp3) is 0. The lowest BCUT2D eigenvalue weighted by molar-refractivity contribution is 0.588. The molecule has 0 N–H and O–H groups in total. The lowest BCUT2D eigenvalue weighted by Gasteiger charge is -2.06. The minimum absolute atomic E-state index is 0.202. The molecule has 0 atom stereocenters. The summed E-state index contributed by atoms with van der Waals surface area (Å²) in [5, 5.41) is 0. The van der Waals surface area contributed by atoms with E-state index in [-0.39, 0.29) is 4.90 Å². The number of hydrogen-bond acceptors (Lipinski definition) is 3. The second-order valence-corrected chi connectivity index (χ2v) is 5.96. The summed E-state index contributed by atoms with van der Waals surface area (Å²) in [6, 6.07) is 12.9. The summed E-state index contributed by atoms with van der Waals surface area (Å²) in [6.07, 6.45) is 1.26. The Labute approximate surface area is 116 Å². The average Bonchev–Trinajstić information content (AvgIpc) is 2.91. The third-order valence-electron chi connectivity index (χ3n) is 2.93. The van der Waals surface area contributed by atoms with Crippen molar-refractivity contribution in [3.8, 4) is 0 Å². The van der Waals surface area contributed by atoms with Crippen LogP contribution in [0.3, 0.4) is 0 Å². The van der Waals surface area contributed by atoms with Crippen molar-refractivity contribution in [2.24, 2.45) is 0 Å². The van der Waals surface area contributed by atoms with Gasteiger partial charge in [-0.3, -0.25) is 0 Å². The van der Waals surface area contributed by atoms with Gasteiger partial charge >= 0.3 is 0 Å². The first-order chi connectivity index (χ1) is 9.63. The number of imidazole rings is 1. The summed E-state index contributed by atoms with van der Waals surface area (Å²) >= 11 is 0. The molecule has 3 rings (SSSR count). The van der Waals surface area contributed by atoms with E-state index in [4.69, 9.17) is 6.57 Å². The zero-order valence-corrected chi connectivity index (χ0v) is 11.1. The Bertz CT molecular complexity index is 922. The van der Waals surface area contributed by atoms with E-state index in [1.807, 2.05) is 0 Å². The molecule has 0 saturated heterocycles. The third kappa shape index (κ3) is 1.85. The normalized spacial score (nSPS) is 11.3. The number of aromatic nitrogens is 2. The third-order valence-corrected chi connectivity index (χ3v) is 4.60. The molecule has 1 heterocycles. The van der Waals surface area contributed by atoms with Crippen molar-refractivity contribution in [2.75, 3.05) is 0 Å². The molecule has 0 aliphatic rings. The average molecular weight is 283 g/mol. The van der Waals surface area contributed by atoms with Crippen LogP contribution in [0.15, 0.2) is 59.8 Å². The number of nitrogens with zero attached hydrogens (tertiary/aromatic N) is 3. The fourth-order valence-electron chi connectivity index (χ4n) is 1.95. The molecule has 20 heavy (non-hydrogen) atoms. The van der Waals surface area contributed by atoms with Gasteiger partial charge in [-0.25, -0.2) is 22.2 Å². The molecular formula is C14H9N3O2S. The minimum atomic E-state index is -3.67. The Morgan fingerprint density at radius 1 is 1.10 bits per heavy atom. The van der Waals surface area contributed by atoms with Crippen molar-refractivity contribution < 1.29 is 8.42 Å². The van der Waals surface area contributed by atoms with Crippen LogP contribution in [0.5, 0.6) is 0 Å². The first-order valence-corrected chi connectivity index (χ1v) is 7.22. The summed E-state index contributed by atoms with van der Waals surface area (Å²) in [5.41, 5.74) is 1.37. The highest BCUT2D eigenvalue weighted by atomic mass is 32.2. The predicted molar refractivity (Wildman–Crippen MR) is 75.0 cm³/mol. The van der Waals surface area contributed by atoms with Crippen molar-refractivity contribution >= 4 is 26.7 Å². The molecule has 6 heteroatoms. The zero-order chi connectivity index (χ0) is 14.2. The van der Waals surface area contributed by atoms with Gasteiger partial charge < -0.3 is 0 Å². The molecule has 0 amide bonds. The molecule has 0 bridgehead atoms. The van der Waals surface area contributed by atoms with Crippen LogP contribution in [-0.4, -0.2) is 17.4 Å². The molecule has 3 aromatic rings. The number of rotatable bonds is 2. The van der Waals surface area contributed by atoms with Crippen LogP contribution in [0.25, 0.3) is 15.9 Å². The number of benzene rings is 2. The maximum Gasteiger partial charge on any atom is 0.269 e. The van der Waals surface area contributed by atoms with E-state index < -0.39 is 10.0 Å². The van der Waals surface area contributed by atoms with Gasteiger partial charge in [0.25, 0.3) is 10.0 Å². The molecule has 0 spiro atoms. The molecular weight excluding hydrogens is 274 g/mol.